The zero-order chi connectivity index (χ0) is 24.2. The Morgan fingerprint density at radius 3 is 2.53 bits per heavy atom. The van der Waals surface area contributed by atoms with Crippen LogP contribution in [0.15, 0.2) is 71.6 Å². The number of hydrogen-bond acceptors (Lipinski definition) is 7. The highest BCUT2D eigenvalue weighted by Crippen LogP contribution is 2.37. The van der Waals surface area contributed by atoms with Gasteiger partial charge in [0.1, 0.15) is 6.61 Å². The summed E-state index contributed by atoms with van der Waals surface area (Å²) in [7, 11) is 1.56. The van der Waals surface area contributed by atoms with Gasteiger partial charge in [0.05, 0.1) is 22.6 Å². The summed E-state index contributed by atoms with van der Waals surface area (Å²) in [5.74, 6) is 0.856. The molecule has 1 amide bonds. The van der Waals surface area contributed by atoms with E-state index in [0.29, 0.717) is 33.0 Å². The summed E-state index contributed by atoms with van der Waals surface area (Å²) in [6, 6.07) is 19.2. The SMILES string of the molecule is COc1cc(/C=C2/SC(=S)N(c3ccc([N+](=O)[O-])cc3)C2=O)ccc1OCc1cccc(C)c1. The number of hydrogen-bond donors (Lipinski definition) is 0. The molecule has 0 aliphatic carbocycles. The van der Waals surface area contributed by atoms with Crippen LogP contribution in [0.1, 0.15) is 16.7 Å². The molecule has 0 bridgehead atoms. The Bertz CT molecular complexity index is 1300. The van der Waals surface area contributed by atoms with Crippen molar-refractivity contribution in [3.8, 4) is 11.5 Å². The smallest absolute Gasteiger partial charge is 0.270 e. The van der Waals surface area contributed by atoms with E-state index < -0.39 is 4.92 Å². The molecule has 0 spiro atoms. The molecule has 3 aromatic carbocycles. The molecule has 3 aromatic rings. The van der Waals surface area contributed by atoms with Gasteiger partial charge in [-0.05, 0) is 48.4 Å². The maximum atomic E-state index is 13.0. The number of nitro groups is 1. The molecule has 1 fully saturated rings. The van der Waals surface area contributed by atoms with Crippen molar-refractivity contribution in [3.63, 3.8) is 0 Å². The van der Waals surface area contributed by atoms with E-state index in [0.717, 1.165) is 16.7 Å². The highest BCUT2D eigenvalue weighted by atomic mass is 32.2. The molecule has 1 saturated heterocycles. The molecule has 0 unspecified atom stereocenters. The van der Waals surface area contributed by atoms with E-state index >= 15 is 0 Å². The van der Waals surface area contributed by atoms with Crippen LogP contribution in [0.3, 0.4) is 0 Å². The number of methoxy groups -OCH3 is 1. The van der Waals surface area contributed by atoms with Gasteiger partial charge in [-0.3, -0.25) is 19.8 Å². The van der Waals surface area contributed by atoms with E-state index in [1.165, 1.54) is 40.9 Å². The lowest BCUT2D eigenvalue weighted by Crippen LogP contribution is -2.27. The topological polar surface area (TPSA) is 81.9 Å². The first-order valence-corrected chi connectivity index (χ1v) is 11.5. The number of benzene rings is 3. The van der Waals surface area contributed by atoms with Crippen LogP contribution in [0.2, 0.25) is 0 Å². The Kier molecular flexibility index (Phi) is 6.95. The Balaban J connectivity index is 1.52. The monoisotopic (exact) mass is 492 g/mol. The van der Waals surface area contributed by atoms with Gasteiger partial charge in [0.15, 0.2) is 15.8 Å². The van der Waals surface area contributed by atoms with E-state index in [2.05, 4.69) is 6.07 Å². The van der Waals surface area contributed by atoms with Crippen molar-refractivity contribution in [1.29, 1.82) is 0 Å². The number of thiocarbonyl (C=S) groups is 1. The molecule has 1 heterocycles. The third-order valence-electron chi connectivity index (χ3n) is 5.07. The second-order valence-corrected chi connectivity index (χ2v) is 9.15. The van der Waals surface area contributed by atoms with Gasteiger partial charge >= 0.3 is 0 Å². The molecule has 0 aromatic heterocycles. The molecule has 0 saturated carbocycles. The number of carbonyl (C=O) groups excluding carboxylic acids is 1. The summed E-state index contributed by atoms with van der Waals surface area (Å²) in [4.78, 5) is 25.2. The molecule has 1 aliphatic heterocycles. The number of anilines is 1. The normalized spacial score (nSPS) is 14.5. The lowest BCUT2D eigenvalue weighted by molar-refractivity contribution is -0.384. The summed E-state index contributed by atoms with van der Waals surface area (Å²) < 4.78 is 11.8. The second-order valence-electron chi connectivity index (χ2n) is 7.48. The van der Waals surface area contributed by atoms with Crippen LogP contribution >= 0.6 is 24.0 Å². The first-order valence-electron chi connectivity index (χ1n) is 10.2. The van der Waals surface area contributed by atoms with Crippen molar-refractivity contribution in [3.05, 3.63) is 98.4 Å². The predicted octanol–water partition coefficient (Wildman–Crippen LogP) is 5.90. The van der Waals surface area contributed by atoms with Crippen molar-refractivity contribution in [2.45, 2.75) is 13.5 Å². The van der Waals surface area contributed by atoms with Crippen LogP contribution in [-0.2, 0) is 11.4 Å². The molecule has 9 heteroatoms. The Morgan fingerprint density at radius 1 is 1.09 bits per heavy atom. The van der Waals surface area contributed by atoms with Crippen molar-refractivity contribution >= 4 is 51.7 Å². The lowest BCUT2D eigenvalue weighted by Gasteiger charge is -2.14. The molecular formula is C25H20N2O5S2. The number of nitro benzene ring substituents is 1. The molecule has 1 aliphatic rings. The number of rotatable bonds is 7. The molecule has 0 N–H and O–H groups in total. The van der Waals surface area contributed by atoms with Gasteiger partial charge in [-0.25, -0.2) is 0 Å². The van der Waals surface area contributed by atoms with E-state index in [-0.39, 0.29) is 11.6 Å². The average Bonchev–Trinajstić information content (AvgIpc) is 3.10. The van der Waals surface area contributed by atoms with Crippen molar-refractivity contribution < 1.29 is 19.2 Å². The third-order valence-corrected chi connectivity index (χ3v) is 6.38. The van der Waals surface area contributed by atoms with Gasteiger partial charge in [0.25, 0.3) is 11.6 Å². The highest BCUT2D eigenvalue weighted by Gasteiger charge is 2.33. The van der Waals surface area contributed by atoms with Gasteiger partial charge in [0, 0.05) is 12.1 Å². The van der Waals surface area contributed by atoms with Crippen LogP contribution < -0.4 is 14.4 Å². The molecule has 172 valence electrons. The zero-order valence-corrected chi connectivity index (χ0v) is 20.0. The van der Waals surface area contributed by atoms with E-state index in [1.807, 2.05) is 31.2 Å². The average molecular weight is 493 g/mol. The van der Waals surface area contributed by atoms with Crippen LogP contribution in [-0.4, -0.2) is 22.3 Å². The summed E-state index contributed by atoms with van der Waals surface area (Å²) >= 11 is 6.56. The number of aryl methyl sites for hydroxylation is 1. The molecular weight excluding hydrogens is 472 g/mol. The maximum Gasteiger partial charge on any atom is 0.270 e. The lowest BCUT2D eigenvalue weighted by atomic mass is 10.1. The van der Waals surface area contributed by atoms with Crippen LogP contribution in [0.4, 0.5) is 11.4 Å². The molecule has 0 atom stereocenters. The van der Waals surface area contributed by atoms with Crippen molar-refractivity contribution in [2.75, 3.05) is 12.0 Å². The summed E-state index contributed by atoms with van der Waals surface area (Å²) in [5, 5.41) is 10.9. The Labute approximate surface area is 206 Å². The van der Waals surface area contributed by atoms with Gasteiger partial charge in [-0.1, -0.05) is 59.9 Å². The number of amides is 1. The van der Waals surface area contributed by atoms with Crippen LogP contribution in [0.25, 0.3) is 6.08 Å². The number of nitrogens with zero attached hydrogens (tertiary/aromatic N) is 2. The summed E-state index contributed by atoms with van der Waals surface area (Å²) in [5.41, 5.74) is 3.40. The fourth-order valence-corrected chi connectivity index (χ4v) is 4.72. The van der Waals surface area contributed by atoms with Crippen molar-refractivity contribution in [2.24, 2.45) is 0 Å². The molecule has 4 rings (SSSR count). The fourth-order valence-electron chi connectivity index (χ4n) is 3.42. The largest absolute Gasteiger partial charge is 0.493 e. The first kappa shape index (κ1) is 23.5. The van der Waals surface area contributed by atoms with Gasteiger partial charge in [-0.15, -0.1) is 0 Å². The highest BCUT2D eigenvalue weighted by molar-refractivity contribution is 8.27. The van der Waals surface area contributed by atoms with E-state index in [4.69, 9.17) is 21.7 Å². The second kappa shape index (κ2) is 10.1. The first-order chi connectivity index (χ1) is 16.4. The number of thioether (sulfide) groups is 1. The van der Waals surface area contributed by atoms with Gasteiger partial charge in [-0.2, -0.15) is 0 Å². The molecule has 0 radical (unpaired) electrons. The van der Waals surface area contributed by atoms with Gasteiger partial charge < -0.3 is 9.47 Å². The van der Waals surface area contributed by atoms with E-state index in [9.17, 15) is 14.9 Å². The number of non-ortho nitro benzene ring substituents is 1. The minimum Gasteiger partial charge on any atom is -0.493 e. The third kappa shape index (κ3) is 5.11. The Morgan fingerprint density at radius 2 is 1.85 bits per heavy atom. The molecule has 34 heavy (non-hydrogen) atoms. The zero-order valence-electron chi connectivity index (χ0n) is 18.4. The summed E-state index contributed by atoms with van der Waals surface area (Å²) in [6.07, 6.45) is 1.73. The maximum absolute atomic E-state index is 13.0. The number of ether oxygens (including phenoxy) is 2. The van der Waals surface area contributed by atoms with E-state index in [1.54, 1.807) is 25.3 Å². The fraction of sp³-hybridized carbons (Fsp3) is 0.120. The minimum absolute atomic E-state index is 0.0541. The minimum atomic E-state index is -0.490. The molecule has 7 nitrogen and oxygen atoms in total. The number of carbonyl (C=O) groups is 1. The van der Waals surface area contributed by atoms with Gasteiger partial charge in [0.2, 0.25) is 0 Å². The Hall–Kier alpha value is -3.69. The predicted molar refractivity (Wildman–Crippen MR) is 137 cm³/mol. The summed E-state index contributed by atoms with van der Waals surface area (Å²) in [6.45, 7) is 2.44. The van der Waals surface area contributed by atoms with Crippen LogP contribution in [0.5, 0.6) is 11.5 Å². The van der Waals surface area contributed by atoms with Crippen LogP contribution in [0, 0.1) is 17.0 Å². The van der Waals surface area contributed by atoms with Crippen molar-refractivity contribution in [1.82, 2.24) is 0 Å². The quantitative estimate of drug-likeness (QED) is 0.176. The standard InChI is InChI=1S/C25H20N2O5S2/c1-16-4-3-5-18(12-16)15-32-21-11-6-17(13-22(21)31-2)14-23-24(28)26(25(33)34-23)19-7-9-20(10-8-19)27(29)30/h3-14H,15H2,1-2H3/b23-14+.